The lowest BCUT2D eigenvalue weighted by Crippen LogP contribution is -2.33. The first-order chi connectivity index (χ1) is 9.20. The van der Waals surface area contributed by atoms with Crippen LogP contribution in [0.3, 0.4) is 0 Å². The van der Waals surface area contributed by atoms with E-state index in [1.165, 1.54) is 12.8 Å². The molecular weight excluding hydrogens is 240 g/mol. The molecule has 1 atom stereocenters. The summed E-state index contributed by atoms with van der Waals surface area (Å²) in [6.07, 6.45) is 2.61. The minimum atomic E-state index is -0.0701. The highest BCUT2D eigenvalue weighted by atomic mass is 16.5. The molecule has 0 heterocycles. The maximum absolute atomic E-state index is 11.7. The Morgan fingerprint density at radius 3 is 2.89 bits per heavy atom. The highest BCUT2D eigenvalue weighted by Crippen LogP contribution is 2.36. The fourth-order valence-corrected chi connectivity index (χ4v) is 2.11. The van der Waals surface area contributed by atoms with Gasteiger partial charge in [0.1, 0.15) is 5.75 Å². The van der Waals surface area contributed by atoms with Crippen LogP contribution in [0.1, 0.15) is 25.3 Å². The molecule has 3 N–H and O–H groups in total. The highest BCUT2D eigenvalue weighted by Gasteiger charge is 2.27. The maximum atomic E-state index is 11.7. The standard InChI is InChI=1S/C15H22N2O2/c1-11(12-6-7-12)9-17-15(18)10-19-14-5-3-2-4-13(14)8-16/h2-5,11-12H,6-10,16H2,1H3,(H,17,18). The minimum Gasteiger partial charge on any atom is -0.483 e. The van der Waals surface area contributed by atoms with Crippen LogP contribution in [0.2, 0.25) is 0 Å². The van der Waals surface area contributed by atoms with Crippen LogP contribution in [0.25, 0.3) is 0 Å². The van der Waals surface area contributed by atoms with E-state index in [1.54, 1.807) is 0 Å². The van der Waals surface area contributed by atoms with E-state index in [0.29, 0.717) is 18.2 Å². The molecule has 2 rings (SSSR count). The Morgan fingerprint density at radius 1 is 1.47 bits per heavy atom. The van der Waals surface area contributed by atoms with Crippen molar-refractivity contribution in [3.8, 4) is 5.75 Å². The maximum Gasteiger partial charge on any atom is 0.257 e. The molecule has 0 aromatic heterocycles. The largest absolute Gasteiger partial charge is 0.483 e. The quantitative estimate of drug-likeness (QED) is 0.786. The topological polar surface area (TPSA) is 64.3 Å². The van der Waals surface area contributed by atoms with Gasteiger partial charge in [-0.3, -0.25) is 4.79 Å². The van der Waals surface area contributed by atoms with E-state index >= 15 is 0 Å². The molecule has 1 aliphatic rings. The molecule has 1 aromatic rings. The van der Waals surface area contributed by atoms with Gasteiger partial charge in [-0.2, -0.15) is 0 Å². The SMILES string of the molecule is CC(CNC(=O)COc1ccccc1CN)C1CC1. The summed E-state index contributed by atoms with van der Waals surface area (Å²) < 4.78 is 5.51. The molecule has 1 fully saturated rings. The highest BCUT2D eigenvalue weighted by molar-refractivity contribution is 5.77. The number of amides is 1. The Morgan fingerprint density at radius 2 is 2.21 bits per heavy atom. The van der Waals surface area contributed by atoms with Gasteiger partial charge in [0.15, 0.2) is 6.61 Å². The van der Waals surface area contributed by atoms with Crippen molar-refractivity contribution in [1.82, 2.24) is 5.32 Å². The molecule has 1 aliphatic carbocycles. The van der Waals surface area contributed by atoms with Crippen molar-refractivity contribution in [1.29, 1.82) is 0 Å². The summed E-state index contributed by atoms with van der Waals surface area (Å²) in [5.74, 6) is 1.99. The van der Waals surface area contributed by atoms with Gasteiger partial charge >= 0.3 is 0 Å². The van der Waals surface area contributed by atoms with Crippen LogP contribution in [0.4, 0.5) is 0 Å². The van der Waals surface area contributed by atoms with Gasteiger partial charge < -0.3 is 15.8 Å². The van der Waals surface area contributed by atoms with Crippen LogP contribution in [0, 0.1) is 11.8 Å². The van der Waals surface area contributed by atoms with Gasteiger partial charge in [-0.15, -0.1) is 0 Å². The number of benzene rings is 1. The van der Waals surface area contributed by atoms with Crippen molar-refractivity contribution in [3.63, 3.8) is 0 Å². The second-order valence-electron chi connectivity index (χ2n) is 5.22. The monoisotopic (exact) mass is 262 g/mol. The van der Waals surface area contributed by atoms with Gasteiger partial charge in [0, 0.05) is 18.7 Å². The third-order valence-corrected chi connectivity index (χ3v) is 3.60. The van der Waals surface area contributed by atoms with Crippen LogP contribution in [0.5, 0.6) is 5.75 Å². The fourth-order valence-electron chi connectivity index (χ4n) is 2.11. The molecule has 1 saturated carbocycles. The van der Waals surface area contributed by atoms with Gasteiger partial charge in [0.2, 0.25) is 0 Å². The van der Waals surface area contributed by atoms with Crippen LogP contribution in [-0.4, -0.2) is 19.1 Å². The Labute approximate surface area is 114 Å². The number of ether oxygens (including phenoxy) is 1. The van der Waals surface area contributed by atoms with Crippen molar-refractivity contribution >= 4 is 5.91 Å². The molecule has 1 unspecified atom stereocenters. The van der Waals surface area contributed by atoms with Gasteiger partial charge in [0.05, 0.1) is 0 Å². The number of carbonyl (C=O) groups is 1. The number of nitrogens with two attached hydrogens (primary N) is 1. The number of hydrogen-bond acceptors (Lipinski definition) is 3. The zero-order chi connectivity index (χ0) is 13.7. The van der Waals surface area contributed by atoms with E-state index in [1.807, 2.05) is 24.3 Å². The average Bonchev–Trinajstić information content (AvgIpc) is 3.27. The lowest BCUT2D eigenvalue weighted by Gasteiger charge is -2.13. The van der Waals surface area contributed by atoms with E-state index in [2.05, 4.69) is 12.2 Å². The van der Waals surface area contributed by atoms with E-state index in [4.69, 9.17) is 10.5 Å². The van der Waals surface area contributed by atoms with E-state index in [0.717, 1.165) is 18.0 Å². The van der Waals surface area contributed by atoms with Crippen LogP contribution < -0.4 is 15.8 Å². The summed E-state index contributed by atoms with van der Waals surface area (Å²) in [6, 6.07) is 7.53. The second kappa shape index (κ2) is 6.57. The lowest BCUT2D eigenvalue weighted by molar-refractivity contribution is -0.123. The summed E-state index contributed by atoms with van der Waals surface area (Å²) in [4.78, 5) is 11.7. The summed E-state index contributed by atoms with van der Waals surface area (Å²) in [7, 11) is 0. The van der Waals surface area contributed by atoms with Crippen LogP contribution in [0.15, 0.2) is 24.3 Å². The molecule has 4 nitrogen and oxygen atoms in total. The van der Waals surface area contributed by atoms with E-state index in [9.17, 15) is 4.79 Å². The number of nitrogens with one attached hydrogen (secondary N) is 1. The second-order valence-corrected chi connectivity index (χ2v) is 5.22. The molecule has 0 spiro atoms. The lowest BCUT2D eigenvalue weighted by atomic mass is 10.1. The predicted molar refractivity (Wildman–Crippen MR) is 74.7 cm³/mol. The summed E-state index contributed by atoms with van der Waals surface area (Å²) in [5, 5.41) is 2.92. The number of carbonyl (C=O) groups excluding carboxylic acids is 1. The number of rotatable bonds is 7. The molecule has 0 bridgehead atoms. The predicted octanol–water partition coefficient (Wildman–Crippen LogP) is 1.69. The van der Waals surface area contributed by atoms with Gasteiger partial charge in [-0.25, -0.2) is 0 Å². The first-order valence-corrected chi connectivity index (χ1v) is 6.88. The fraction of sp³-hybridized carbons (Fsp3) is 0.533. The number of hydrogen-bond donors (Lipinski definition) is 2. The Balaban J connectivity index is 1.73. The molecule has 0 saturated heterocycles. The first-order valence-electron chi connectivity index (χ1n) is 6.88. The Kier molecular flexibility index (Phi) is 4.80. The third-order valence-electron chi connectivity index (χ3n) is 3.60. The summed E-state index contributed by atoms with van der Waals surface area (Å²) >= 11 is 0. The Hall–Kier alpha value is -1.55. The zero-order valence-corrected chi connectivity index (χ0v) is 11.4. The summed E-state index contributed by atoms with van der Waals surface area (Å²) in [5.41, 5.74) is 6.53. The molecule has 4 heteroatoms. The molecule has 0 aliphatic heterocycles. The molecular formula is C15H22N2O2. The van der Waals surface area contributed by atoms with Gasteiger partial charge in [-0.05, 0) is 30.7 Å². The average molecular weight is 262 g/mol. The molecule has 104 valence electrons. The van der Waals surface area contributed by atoms with Crippen molar-refractivity contribution in [2.75, 3.05) is 13.2 Å². The Bertz CT molecular complexity index is 430. The first kappa shape index (κ1) is 13.9. The van der Waals surface area contributed by atoms with E-state index in [-0.39, 0.29) is 12.5 Å². The molecule has 1 amide bonds. The zero-order valence-electron chi connectivity index (χ0n) is 11.4. The van der Waals surface area contributed by atoms with E-state index < -0.39 is 0 Å². The molecule has 0 radical (unpaired) electrons. The van der Waals surface area contributed by atoms with Crippen molar-refractivity contribution in [3.05, 3.63) is 29.8 Å². The van der Waals surface area contributed by atoms with Crippen LogP contribution >= 0.6 is 0 Å². The normalized spacial score (nSPS) is 15.9. The van der Waals surface area contributed by atoms with Crippen molar-refractivity contribution < 1.29 is 9.53 Å². The molecule has 1 aromatic carbocycles. The summed E-state index contributed by atoms with van der Waals surface area (Å²) in [6.45, 7) is 3.39. The minimum absolute atomic E-state index is 0.0500. The van der Waals surface area contributed by atoms with Gasteiger partial charge in [0.25, 0.3) is 5.91 Å². The third kappa shape index (κ3) is 4.24. The van der Waals surface area contributed by atoms with Crippen LogP contribution in [-0.2, 0) is 11.3 Å². The van der Waals surface area contributed by atoms with Crippen molar-refractivity contribution in [2.45, 2.75) is 26.3 Å². The van der Waals surface area contributed by atoms with Crippen molar-refractivity contribution in [2.24, 2.45) is 17.6 Å². The molecule has 19 heavy (non-hydrogen) atoms. The smallest absolute Gasteiger partial charge is 0.257 e. The number of para-hydroxylation sites is 1. The van der Waals surface area contributed by atoms with Gasteiger partial charge in [-0.1, -0.05) is 25.1 Å².